The van der Waals surface area contributed by atoms with E-state index in [1.54, 1.807) is 0 Å². The number of hydrogen-bond donors (Lipinski definition) is 1. The normalized spacial score (nSPS) is 12.6. The molecule has 88 valence electrons. The van der Waals surface area contributed by atoms with Gasteiger partial charge in [-0.05, 0) is 24.0 Å². The SMILES string of the molecule is CCC(C)c1ccccc1NC(=O)C(Cl)Cl. The Balaban J connectivity index is 2.91. The molecule has 1 rings (SSSR count). The molecular weight excluding hydrogens is 245 g/mol. The van der Waals surface area contributed by atoms with Gasteiger partial charge >= 0.3 is 0 Å². The molecule has 2 nitrogen and oxygen atoms in total. The molecule has 0 bridgehead atoms. The molecule has 1 aromatic carbocycles. The zero-order valence-electron chi connectivity index (χ0n) is 9.34. The van der Waals surface area contributed by atoms with E-state index in [0.717, 1.165) is 17.7 Å². The van der Waals surface area contributed by atoms with Gasteiger partial charge < -0.3 is 5.32 Å². The fourth-order valence-electron chi connectivity index (χ4n) is 1.45. The first-order valence-corrected chi connectivity index (χ1v) is 6.11. The van der Waals surface area contributed by atoms with Crippen molar-refractivity contribution in [2.75, 3.05) is 5.32 Å². The summed E-state index contributed by atoms with van der Waals surface area (Å²) in [6.07, 6.45) is 1.01. The van der Waals surface area contributed by atoms with Crippen LogP contribution >= 0.6 is 23.2 Å². The summed E-state index contributed by atoms with van der Waals surface area (Å²) in [5.41, 5.74) is 1.89. The molecule has 16 heavy (non-hydrogen) atoms. The van der Waals surface area contributed by atoms with Gasteiger partial charge in [-0.15, -0.1) is 0 Å². The number of amides is 1. The van der Waals surface area contributed by atoms with Gasteiger partial charge in [-0.2, -0.15) is 0 Å². The van der Waals surface area contributed by atoms with E-state index < -0.39 is 4.84 Å². The number of carbonyl (C=O) groups excluding carboxylic acids is 1. The molecule has 0 saturated carbocycles. The van der Waals surface area contributed by atoms with Crippen LogP contribution < -0.4 is 5.32 Å². The van der Waals surface area contributed by atoms with Crippen molar-refractivity contribution in [3.05, 3.63) is 29.8 Å². The third-order valence-corrected chi connectivity index (χ3v) is 2.96. The van der Waals surface area contributed by atoms with Crippen LogP contribution in [0.15, 0.2) is 24.3 Å². The summed E-state index contributed by atoms with van der Waals surface area (Å²) in [7, 11) is 0. The molecule has 0 aliphatic carbocycles. The molecule has 0 aromatic heterocycles. The molecule has 1 atom stereocenters. The fraction of sp³-hybridized carbons (Fsp3) is 0.417. The molecule has 0 heterocycles. The second-order valence-corrected chi connectivity index (χ2v) is 4.78. The van der Waals surface area contributed by atoms with Crippen LogP contribution in [0.4, 0.5) is 5.69 Å². The number of halogens is 2. The molecule has 1 unspecified atom stereocenters. The molecule has 1 aromatic rings. The number of alkyl halides is 2. The minimum absolute atomic E-state index is 0.389. The van der Waals surface area contributed by atoms with Crippen LogP contribution in [0.25, 0.3) is 0 Å². The lowest BCUT2D eigenvalue weighted by Crippen LogP contribution is -2.19. The fourth-order valence-corrected chi connectivity index (χ4v) is 1.56. The van der Waals surface area contributed by atoms with E-state index in [1.807, 2.05) is 24.3 Å². The first-order valence-electron chi connectivity index (χ1n) is 5.24. The number of benzene rings is 1. The van der Waals surface area contributed by atoms with Gasteiger partial charge in [-0.25, -0.2) is 0 Å². The van der Waals surface area contributed by atoms with Crippen molar-refractivity contribution >= 4 is 34.8 Å². The summed E-state index contributed by atoms with van der Waals surface area (Å²) in [6, 6.07) is 7.69. The van der Waals surface area contributed by atoms with Crippen LogP contribution in [0.5, 0.6) is 0 Å². The predicted octanol–water partition coefficient (Wildman–Crippen LogP) is 3.94. The van der Waals surface area contributed by atoms with Gasteiger partial charge in [0.1, 0.15) is 0 Å². The van der Waals surface area contributed by atoms with Gasteiger partial charge in [0.2, 0.25) is 0 Å². The third-order valence-electron chi connectivity index (χ3n) is 2.56. The lowest BCUT2D eigenvalue weighted by atomic mass is 9.97. The number of nitrogens with one attached hydrogen (secondary N) is 1. The molecule has 1 amide bonds. The van der Waals surface area contributed by atoms with Crippen LogP contribution in [0.2, 0.25) is 0 Å². The highest BCUT2D eigenvalue weighted by Crippen LogP contribution is 2.26. The van der Waals surface area contributed by atoms with E-state index in [-0.39, 0.29) is 5.91 Å². The zero-order valence-corrected chi connectivity index (χ0v) is 10.8. The molecule has 0 radical (unpaired) electrons. The maximum absolute atomic E-state index is 11.4. The number of rotatable bonds is 4. The summed E-state index contributed by atoms with van der Waals surface area (Å²) in [5.74, 6) is -0.000289. The molecule has 1 N–H and O–H groups in total. The van der Waals surface area contributed by atoms with Gasteiger partial charge in [0.05, 0.1) is 0 Å². The molecule has 0 aliphatic rings. The summed E-state index contributed by atoms with van der Waals surface area (Å²) in [4.78, 5) is 10.4. The second-order valence-electron chi connectivity index (χ2n) is 3.69. The first-order chi connectivity index (χ1) is 7.56. The minimum Gasteiger partial charge on any atom is -0.323 e. The van der Waals surface area contributed by atoms with E-state index >= 15 is 0 Å². The highest BCUT2D eigenvalue weighted by Gasteiger charge is 2.14. The van der Waals surface area contributed by atoms with Crippen molar-refractivity contribution in [1.82, 2.24) is 0 Å². The highest BCUT2D eigenvalue weighted by atomic mass is 35.5. The number of hydrogen-bond acceptors (Lipinski definition) is 1. The average Bonchev–Trinajstić information content (AvgIpc) is 2.28. The minimum atomic E-state index is -1.04. The van der Waals surface area contributed by atoms with Crippen molar-refractivity contribution in [3.63, 3.8) is 0 Å². The van der Waals surface area contributed by atoms with Crippen molar-refractivity contribution in [3.8, 4) is 0 Å². The lowest BCUT2D eigenvalue weighted by Gasteiger charge is -2.15. The Morgan fingerprint density at radius 1 is 1.38 bits per heavy atom. The van der Waals surface area contributed by atoms with Gasteiger partial charge in [-0.3, -0.25) is 4.79 Å². The van der Waals surface area contributed by atoms with Crippen LogP contribution in [0.3, 0.4) is 0 Å². The van der Waals surface area contributed by atoms with Gasteiger partial charge in [0.15, 0.2) is 4.84 Å². The Morgan fingerprint density at radius 3 is 2.56 bits per heavy atom. The van der Waals surface area contributed by atoms with Crippen molar-refractivity contribution in [2.24, 2.45) is 0 Å². The smallest absolute Gasteiger partial charge is 0.257 e. The predicted molar refractivity (Wildman–Crippen MR) is 69.3 cm³/mol. The molecule has 4 heteroatoms. The molecular formula is C12H15Cl2NO. The number of para-hydroxylation sites is 1. The zero-order chi connectivity index (χ0) is 12.1. The molecule has 0 fully saturated rings. The Bertz CT molecular complexity index is 366. The standard InChI is InChI=1S/C12H15Cl2NO/c1-3-8(2)9-6-4-5-7-10(9)15-12(16)11(13)14/h4-8,11H,3H2,1-2H3,(H,15,16). The largest absolute Gasteiger partial charge is 0.323 e. The van der Waals surface area contributed by atoms with E-state index in [4.69, 9.17) is 23.2 Å². The lowest BCUT2D eigenvalue weighted by molar-refractivity contribution is -0.114. The summed E-state index contributed by atoms with van der Waals surface area (Å²) in [6.45, 7) is 4.22. The Kier molecular flexibility index (Phi) is 5.10. The van der Waals surface area contributed by atoms with Crippen LogP contribution in [0, 0.1) is 0 Å². The van der Waals surface area contributed by atoms with Crippen LogP contribution in [-0.2, 0) is 4.79 Å². The molecule has 0 spiro atoms. The maximum atomic E-state index is 11.4. The van der Waals surface area contributed by atoms with Gasteiger partial charge in [0.25, 0.3) is 5.91 Å². The van der Waals surface area contributed by atoms with Crippen molar-refractivity contribution in [1.29, 1.82) is 0 Å². The number of anilines is 1. The van der Waals surface area contributed by atoms with Crippen LogP contribution in [0.1, 0.15) is 31.7 Å². The maximum Gasteiger partial charge on any atom is 0.257 e. The molecule has 0 aliphatic heterocycles. The Hall–Kier alpha value is -0.730. The van der Waals surface area contributed by atoms with Crippen molar-refractivity contribution < 1.29 is 4.79 Å². The van der Waals surface area contributed by atoms with E-state index in [9.17, 15) is 4.79 Å². The third kappa shape index (κ3) is 3.39. The monoisotopic (exact) mass is 259 g/mol. The quantitative estimate of drug-likeness (QED) is 0.816. The van der Waals surface area contributed by atoms with Crippen LogP contribution in [-0.4, -0.2) is 10.7 Å². The Labute approximate surface area is 106 Å². The first kappa shape index (κ1) is 13.3. The topological polar surface area (TPSA) is 29.1 Å². The second kappa shape index (κ2) is 6.12. The Morgan fingerprint density at radius 2 is 2.00 bits per heavy atom. The number of carbonyl (C=O) groups is 1. The summed E-state index contributed by atoms with van der Waals surface area (Å²) in [5, 5.41) is 2.72. The van der Waals surface area contributed by atoms with Gasteiger partial charge in [-0.1, -0.05) is 55.2 Å². The van der Waals surface area contributed by atoms with E-state index in [0.29, 0.717) is 5.92 Å². The van der Waals surface area contributed by atoms with Gasteiger partial charge in [0, 0.05) is 5.69 Å². The van der Waals surface area contributed by atoms with E-state index in [2.05, 4.69) is 19.2 Å². The summed E-state index contributed by atoms with van der Waals surface area (Å²) < 4.78 is 0. The van der Waals surface area contributed by atoms with Crippen molar-refractivity contribution in [2.45, 2.75) is 31.0 Å². The summed E-state index contributed by atoms with van der Waals surface area (Å²) >= 11 is 11.0. The highest BCUT2D eigenvalue weighted by molar-refractivity contribution is 6.54. The van der Waals surface area contributed by atoms with E-state index in [1.165, 1.54) is 0 Å². The average molecular weight is 260 g/mol. The molecule has 0 saturated heterocycles.